The zero-order valence-electron chi connectivity index (χ0n) is 15.1. The molecule has 1 N–H and O–H groups in total. The van der Waals surface area contributed by atoms with Crippen molar-refractivity contribution in [2.45, 2.75) is 11.7 Å². The second-order valence-corrected chi connectivity index (χ2v) is 7.13. The summed E-state index contributed by atoms with van der Waals surface area (Å²) in [7, 11) is 1.61. The SMILES string of the molecule is C=C(Cl)CSc1nnc(CNC(=O)c2ccncc2)n1-c1ccc(OC)cc1. The van der Waals surface area contributed by atoms with Crippen molar-refractivity contribution in [2.75, 3.05) is 12.9 Å². The van der Waals surface area contributed by atoms with E-state index < -0.39 is 0 Å². The lowest BCUT2D eigenvalue weighted by Gasteiger charge is -2.11. The second-order valence-electron chi connectivity index (χ2n) is 5.66. The highest BCUT2D eigenvalue weighted by molar-refractivity contribution is 7.99. The monoisotopic (exact) mass is 415 g/mol. The van der Waals surface area contributed by atoms with Gasteiger partial charge in [-0.15, -0.1) is 10.2 Å². The van der Waals surface area contributed by atoms with Gasteiger partial charge in [0.05, 0.1) is 13.7 Å². The molecule has 3 aromatic rings. The molecule has 3 rings (SSSR count). The Bertz CT molecular complexity index is 960. The van der Waals surface area contributed by atoms with Crippen molar-refractivity contribution in [3.05, 3.63) is 71.8 Å². The lowest BCUT2D eigenvalue weighted by atomic mass is 10.2. The van der Waals surface area contributed by atoms with E-state index in [0.717, 1.165) is 11.4 Å². The van der Waals surface area contributed by atoms with Gasteiger partial charge in [0.2, 0.25) is 0 Å². The van der Waals surface area contributed by atoms with Gasteiger partial charge in [-0.05, 0) is 36.4 Å². The summed E-state index contributed by atoms with van der Waals surface area (Å²) in [6.45, 7) is 3.91. The van der Waals surface area contributed by atoms with E-state index >= 15 is 0 Å². The van der Waals surface area contributed by atoms with Crippen molar-refractivity contribution in [3.63, 3.8) is 0 Å². The molecule has 0 atom stereocenters. The van der Waals surface area contributed by atoms with Crippen LogP contribution in [0.1, 0.15) is 16.2 Å². The van der Waals surface area contributed by atoms with E-state index in [2.05, 4.69) is 27.1 Å². The van der Waals surface area contributed by atoms with Crippen LogP contribution >= 0.6 is 23.4 Å². The molecule has 2 aromatic heterocycles. The molecule has 0 saturated heterocycles. The largest absolute Gasteiger partial charge is 0.497 e. The van der Waals surface area contributed by atoms with Crippen LogP contribution in [0.2, 0.25) is 0 Å². The average Bonchev–Trinajstić information content (AvgIpc) is 3.14. The number of nitrogens with zero attached hydrogens (tertiary/aromatic N) is 4. The zero-order chi connectivity index (χ0) is 19.9. The maximum atomic E-state index is 12.3. The molecule has 0 saturated carbocycles. The Morgan fingerprint density at radius 3 is 2.57 bits per heavy atom. The van der Waals surface area contributed by atoms with Gasteiger partial charge in [-0.1, -0.05) is 29.9 Å². The van der Waals surface area contributed by atoms with Crippen molar-refractivity contribution in [2.24, 2.45) is 0 Å². The van der Waals surface area contributed by atoms with E-state index in [1.54, 1.807) is 31.6 Å². The Hall–Kier alpha value is -2.84. The Labute approximate surface area is 171 Å². The van der Waals surface area contributed by atoms with E-state index in [1.807, 2.05) is 28.8 Å². The molecule has 2 heterocycles. The molecule has 0 fully saturated rings. The van der Waals surface area contributed by atoms with Gasteiger partial charge in [0, 0.05) is 34.4 Å². The molecule has 0 aliphatic carbocycles. The van der Waals surface area contributed by atoms with E-state index in [9.17, 15) is 4.79 Å². The number of hydrogen-bond acceptors (Lipinski definition) is 6. The number of amides is 1. The van der Waals surface area contributed by atoms with E-state index in [4.69, 9.17) is 16.3 Å². The topological polar surface area (TPSA) is 81.9 Å². The minimum absolute atomic E-state index is 0.211. The third-order valence-electron chi connectivity index (χ3n) is 3.74. The number of thioether (sulfide) groups is 1. The number of aromatic nitrogens is 4. The highest BCUT2D eigenvalue weighted by Crippen LogP contribution is 2.25. The maximum Gasteiger partial charge on any atom is 0.251 e. The van der Waals surface area contributed by atoms with Gasteiger partial charge in [0.25, 0.3) is 5.91 Å². The number of methoxy groups -OCH3 is 1. The number of hydrogen-bond donors (Lipinski definition) is 1. The summed E-state index contributed by atoms with van der Waals surface area (Å²) < 4.78 is 7.09. The van der Waals surface area contributed by atoms with Crippen LogP contribution in [0.4, 0.5) is 0 Å². The molecular weight excluding hydrogens is 398 g/mol. The molecule has 0 radical (unpaired) electrons. The van der Waals surface area contributed by atoms with Crippen molar-refractivity contribution in [1.82, 2.24) is 25.1 Å². The Kier molecular flexibility index (Phi) is 6.67. The fraction of sp³-hybridized carbons (Fsp3) is 0.158. The Balaban J connectivity index is 1.85. The molecule has 1 amide bonds. The van der Waals surface area contributed by atoms with Gasteiger partial charge in [0.15, 0.2) is 11.0 Å². The first-order valence-electron chi connectivity index (χ1n) is 8.31. The van der Waals surface area contributed by atoms with Gasteiger partial charge in [-0.25, -0.2) is 0 Å². The van der Waals surface area contributed by atoms with Crippen LogP contribution in [0.15, 0.2) is 65.6 Å². The molecule has 0 spiro atoms. The summed E-state index contributed by atoms with van der Waals surface area (Å²) in [5, 5.41) is 12.5. The lowest BCUT2D eigenvalue weighted by Crippen LogP contribution is -2.24. The van der Waals surface area contributed by atoms with Crippen molar-refractivity contribution >= 4 is 29.3 Å². The lowest BCUT2D eigenvalue weighted by molar-refractivity contribution is 0.0949. The first-order valence-corrected chi connectivity index (χ1v) is 9.68. The molecule has 0 unspecified atom stereocenters. The number of halogens is 1. The van der Waals surface area contributed by atoms with Gasteiger partial charge < -0.3 is 10.1 Å². The summed E-state index contributed by atoms with van der Waals surface area (Å²) in [6.07, 6.45) is 3.14. The van der Waals surface area contributed by atoms with Crippen LogP contribution in [-0.4, -0.2) is 38.5 Å². The highest BCUT2D eigenvalue weighted by atomic mass is 35.5. The van der Waals surface area contributed by atoms with Gasteiger partial charge in [-0.3, -0.25) is 14.3 Å². The quantitative estimate of drug-likeness (QED) is 0.567. The Morgan fingerprint density at radius 2 is 1.93 bits per heavy atom. The first-order chi connectivity index (χ1) is 13.6. The van der Waals surface area contributed by atoms with E-state index in [1.165, 1.54) is 11.8 Å². The third-order valence-corrected chi connectivity index (χ3v) is 5.05. The van der Waals surface area contributed by atoms with Gasteiger partial charge in [0.1, 0.15) is 5.75 Å². The molecule has 0 bridgehead atoms. The van der Waals surface area contributed by atoms with Crippen LogP contribution in [-0.2, 0) is 6.54 Å². The number of carbonyl (C=O) groups is 1. The standard InChI is InChI=1S/C19H18ClN5O2S/c1-13(20)12-28-19-24-23-17(11-22-18(26)14-7-9-21-10-8-14)25(19)15-3-5-16(27-2)6-4-15/h3-10H,1,11-12H2,2H3,(H,22,26). The Morgan fingerprint density at radius 1 is 1.21 bits per heavy atom. The fourth-order valence-corrected chi connectivity index (χ4v) is 3.29. The zero-order valence-corrected chi connectivity index (χ0v) is 16.7. The number of rotatable bonds is 8. The number of ether oxygens (including phenoxy) is 1. The normalized spacial score (nSPS) is 10.5. The molecule has 0 aliphatic rings. The molecule has 144 valence electrons. The molecular formula is C19H18ClN5O2S. The predicted molar refractivity (Wildman–Crippen MR) is 109 cm³/mol. The van der Waals surface area contributed by atoms with Crippen molar-refractivity contribution in [1.29, 1.82) is 0 Å². The number of carbonyl (C=O) groups excluding carboxylic acids is 1. The van der Waals surface area contributed by atoms with Crippen LogP contribution in [0.25, 0.3) is 5.69 Å². The van der Waals surface area contributed by atoms with E-state index in [0.29, 0.717) is 27.3 Å². The van der Waals surface area contributed by atoms with Crippen molar-refractivity contribution in [3.8, 4) is 11.4 Å². The molecule has 7 nitrogen and oxygen atoms in total. The predicted octanol–water partition coefficient (Wildman–Crippen LogP) is 3.45. The average molecular weight is 416 g/mol. The summed E-state index contributed by atoms with van der Waals surface area (Å²) in [5.41, 5.74) is 1.38. The summed E-state index contributed by atoms with van der Waals surface area (Å²) in [6, 6.07) is 10.8. The summed E-state index contributed by atoms with van der Waals surface area (Å²) in [5.74, 6) is 1.62. The minimum atomic E-state index is -0.213. The summed E-state index contributed by atoms with van der Waals surface area (Å²) >= 11 is 7.31. The van der Waals surface area contributed by atoms with E-state index in [-0.39, 0.29) is 12.5 Å². The van der Waals surface area contributed by atoms with Crippen LogP contribution in [0.3, 0.4) is 0 Å². The molecule has 0 aliphatic heterocycles. The third kappa shape index (κ3) is 4.90. The van der Waals surface area contributed by atoms with Gasteiger partial charge >= 0.3 is 0 Å². The summed E-state index contributed by atoms with van der Waals surface area (Å²) in [4.78, 5) is 16.2. The fourth-order valence-electron chi connectivity index (χ4n) is 2.41. The second kappa shape index (κ2) is 9.38. The van der Waals surface area contributed by atoms with Gasteiger partial charge in [-0.2, -0.15) is 0 Å². The number of pyridine rings is 1. The van der Waals surface area contributed by atoms with Crippen LogP contribution < -0.4 is 10.1 Å². The molecule has 9 heteroatoms. The number of benzene rings is 1. The first kappa shape index (κ1) is 19.9. The highest BCUT2D eigenvalue weighted by Gasteiger charge is 2.16. The van der Waals surface area contributed by atoms with Crippen LogP contribution in [0.5, 0.6) is 5.75 Å². The maximum absolute atomic E-state index is 12.3. The molecule has 28 heavy (non-hydrogen) atoms. The van der Waals surface area contributed by atoms with Crippen molar-refractivity contribution < 1.29 is 9.53 Å². The van der Waals surface area contributed by atoms with Crippen LogP contribution in [0, 0.1) is 0 Å². The molecule has 1 aromatic carbocycles. The minimum Gasteiger partial charge on any atom is -0.497 e. The number of nitrogens with one attached hydrogen (secondary N) is 1. The smallest absolute Gasteiger partial charge is 0.251 e.